The molecule has 8 heteroatoms. The molecule has 0 amide bonds. The van der Waals surface area contributed by atoms with E-state index in [0.29, 0.717) is 37.3 Å². The van der Waals surface area contributed by atoms with Gasteiger partial charge in [0.1, 0.15) is 0 Å². The minimum Gasteiger partial charge on any atom is -0.481 e. The molecule has 0 radical (unpaired) electrons. The van der Waals surface area contributed by atoms with E-state index in [-0.39, 0.29) is 6.79 Å². The van der Waals surface area contributed by atoms with Gasteiger partial charge >= 0.3 is 0 Å². The van der Waals surface area contributed by atoms with Crippen LogP contribution in [0.5, 0.6) is 17.4 Å². The smallest absolute Gasteiger partial charge is 0.231 e. The standard InChI is InChI=1S/C20H18N4O4/c1-25-18-3-2-13(7-21-18)15-4-12(5-17-19(15)28-11-27-17)6-22-20-23-8-14-9-26-10-16(14)24-20/h2-5,7-8H,6,9-11H2,1H3,(H,22,23,24). The lowest BCUT2D eigenvalue weighted by Gasteiger charge is -2.11. The molecule has 28 heavy (non-hydrogen) atoms. The van der Waals surface area contributed by atoms with E-state index in [2.05, 4.69) is 26.3 Å². The van der Waals surface area contributed by atoms with Crippen molar-refractivity contribution in [3.8, 4) is 28.5 Å². The van der Waals surface area contributed by atoms with Crippen molar-refractivity contribution in [3.05, 3.63) is 53.5 Å². The molecule has 1 N–H and O–H groups in total. The summed E-state index contributed by atoms with van der Waals surface area (Å²) in [5.41, 5.74) is 4.85. The summed E-state index contributed by atoms with van der Waals surface area (Å²) in [4.78, 5) is 13.2. The predicted molar refractivity (Wildman–Crippen MR) is 100 cm³/mol. The van der Waals surface area contributed by atoms with Gasteiger partial charge in [-0.15, -0.1) is 0 Å². The Hall–Kier alpha value is -3.39. The zero-order valence-corrected chi connectivity index (χ0v) is 15.3. The maximum Gasteiger partial charge on any atom is 0.231 e. The highest BCUT2D eigenvalue weighted by Crippen LogP contribution is 2.42. The number of benzene rings is 1. The Morgan fingerprint density at radius 3 is 2.93 bits per heavy atom. The van der Waals surface area contributed by atoms with Crippen LogP contribution < -0.4 is 19.5 Å². The van der Waals surface area contributed by atoms with Gasteiger partial charge < -0.3 is 24.3 Å². The molecule has 3 aromatic rings. The van der Waals surface area contributed by atoms with Crippen molar-refractivity contribution in [2.24, 2.45) is 0 Å². The van der Waals surface area contributed by atoms with Gasteiger partial charge in [0.05, 0.1) is 26.0 Å². The van der Waals surface area contributed by atoms with Crippen LogP contribution in [0.25, 0.3) is 11.1 Å². The molecule has 0 saturated heterocycles. The second-order valence-electron chi connectivity index (χ2n) is 6.48. The zero-order valence-electron chi connectivity index (χ0n) is 15.3. The quantitative estimate of drug-likeness (QED) is 0.725. The fourth-order valence-corrected chi connectivity index (χ4v) is 3.26. The van der Waals surface area contributed by atoms with Gasteiger partial charge in [0.2, 0.25) is 18.6 Å². The molecule has 0 saturated carbocycles. The molecule has 0 bridgehead atoms. The van der Waals surface area contributed by atoms with E-state index in [1.165, 1.54) is 0 Å². The van der Waals surface area contributed by atoms with E-state index in [1.807, 2.05) is 24.4 Å². The van der Waals surface area contributed by atoms with Crippen molar-refractivity contribution < 1.29 is 18.9 Å². The topological polar surface area (TPSA) is 87.6 Å². The second-order valence-corrected chi connectivity index (χ2v) is 6.48. The van der Waals surface area contributed by atoms with Crippen molar-refractivity contribution >= 4 is 5.95 Å². The minimum absolute atomic E-state index is 0.205. The van der Waals surface area contributed by atoms with Crippen molar-refractivity contribution in [2.45, 2.75) is 19.8 Å². The van der Waals surface area contributed by atoms with E-state index in [9.17, 15) is 0 Å². The van der Waals surface area contributed by atoms with Gasteiger partial charge in [0.15, 0.2) is 11.5 Å². The third-order valence-corrected chi connectivity index (χ3v) is 4.69. The first-order valence-corrected chi connectivity index (χ1v) is 8.89. The Labute approximate surface area is 161 Å². The number of hydrogen-bond donors (Lipinski definition) is 1. The van der Waals surface area contributed by atoms with Gasteiger partial charge in [-0.25, -0.2) is 15.0 Å². The molecule has 8 nitrogen and oxygen atoms in total. The van der Waals surface area contributed by atoms with Gasteiger partial charge in [0.25, 0.3) is 0 Å². The van der Waals surface area contributed by atoms with E-state index in [1.54, 1.807) is 13.3 Å². The number of pyridine rings is 1. The Bertz CT molecular complexity index is 1020. The van der Waals surface area contributed by atoms with E-state index < -0.39 is 0 Å². The highest BCUT2D eigenvalue weighted by atomic mass is 16.7. The highest BCUT2D eigenvalue weighted by Gasteiger charge is 2.21. The number of ether oxygens (including phenoxy) is 4. The molecular formula is C20H18N4O4. The predicted octanol–water partition coefficient (Wildman–Crippen LogP) is 2.92. The molecule has 0 fully saturated rings. The highest BCUT2D eigenvalue weighted by molar-refractivity contribution is 5.75. The van der Waals surface area contributed by atoms with Crippen LogP contribution in [0.15, 0.2) is 36.7 Å². The van der Waals surface area contributed by atoms with Crippen LogP contribution in [0, 0.1) is 0 Å². The van der Waals surface area contributed by atoms with Gasteiger partial charge in [-0.05, 0) is 23.8 Å². The van der Waals surface area contributed by atoms with E-state index in [4.69, 9.17) is 18.9 Å². The Morgan fingerprint density at radius 2 is 2.07 bits per heavy atom. The van der Waals surface area contributed by atoms with Crippen molar-refractivity contribution in [3.63, 3.8) is 0 Å². The maximum atomic E-state index is 5.67. The van der Waals surface area contributed by atoms with Crippen molar-refractivity contribution in [2.75, 3.05) is 19.2 Å². The monoisotopic (exact) mass is 378 g/mol. The number of anilines is 1. The summed E-state index contributed by atoms with van der Waals surface area (Å²) in [5.74, 6) is 2.58. The third kappa shape index (κ3) is 3.07. The molecule has 0 unspecified atom stereocenters. The number of fused-ring (bicyclic) bond motifs is 2. The van der Waals surface area contributed by atoms with Crippen LogP contribution in [0.4, 0.5) is 5.95 Å². The summed E-state index contributed by atoms with van der Waals surface area (Å²) in [6.07, 6.45) is 3.57. The largest absolute Gasteiger partial charge is 0.481 e. The van der Waals surface area contributed by atoms with Crippen molar-refractivity contribution in [1.82, 2.24) is 15.0 Å². The number of hydrogen-bond acceptors (Lipinski definition) is 8. The van der Waals surface area contributed by atoms with Crippen LogP contribution in [-0.2, 0) is 24.5 Å². The molecule has 2 aliphatic rings. The summed E-state index contributed by atoms with van der Waals surface area (Å²) in [5, 5.41) is 3.27. The van der Waals surface area contributed by atoms with Gasteiger partial charge in [-0.1, -0.05) is 0 Å². The zero-order chi connectivity index (χ0) is 18.9. The summed E-state index contributed by atoms with van der Waals surface area (Å²) >= 11 is 0. The number of methoxy groups -OCH3 is 1. The minimum atomic E-state index is 0.205. The fourth-order valence-electron chi connectivity index (χ4n) is 3.26. The Balaban J connectivity index is 1.42. The number of rotatable bonds is 5. The number of nitrogens with zero attached hydrogens (tertiary/aromatic N) is 3. The van der Waals surface area contributed by atoms with Crippen LogP contribution in [0.1, 0.15) is 16.8 Å². The molecule has 142 valence electrons. The van der Waals surface area contributed by atoms with Crippen LogP contribution in [0.2, 0.25) is 0 Å². The summed E-state index contributed by atoms with van der Waals surface area (Å²) < 4.78 is 21.8. The first kappa shape index (κ1) is 16.8. The molecule has 2 aliphatic heterocycles. The van der Waals surface area contributed by atoms with Gasteiger partial charge in [-0.2, -0.15) is 0 Å². The molecule has 4 heterocycles. The lowest BCUT2D eigenvalue weighted by Crippen LogP contribution is -2.05. The fraction of sp³-hybridized carbons (Fsp3) is 0.250. The number of nitrogens with one attached hydrogen (secondary N) is 1. The van der Waals surface area contributed by atoms with Gasteiger partial charge in [0, 0.05) is 41.7 Å². The van der Waals surface area contributed by atoms with Crippen LogP contribution >= 0.6 is 0 Å². The first-order chi connectivity index (χ1) is 13.8. The van der Waals surface area contributed by atoms with Crippen LogP contribution in [0.3, 0.4) is 0 Å². The normalized spacial score (nSPS) is 14.0. The van der Waals surface area contributed by atoms with Gasteiger partial charge in [-0.3, -0.25) is 0 Å². The molecule has 0 atom stereocenters. The molecule has 2 aromatic heterocycles. The summed E-state index contributed by atoms with van der Waals surface area (Å²) in [7, 11) is 1.59. The lowest BCUT2D eigenvalue weighted by molar-refractivity contribution is 0.133. The van der Waals surface area contributed by atoms with E-state index >= 15 is 0 Å². The second kappa shape index (κ2) is 6.97. The number of aromatic nitrogens is 3. The van der Waals surface area contributed by atoms with Crippen LogP contribution in [-0.4, -0.2) is 28.9 Å². The van der Waals surface area contributed by atoms with Crippen molar-refractivity contribution in [1.29, 1.82) is 0 Å². The maximum absolute atomic E-state index is 5.67. The molecule has 0 spiro atoms. The van der Waals surface area contributed by atoms with E-state index in [0.717, 1.165) is 33.7 Å². The molecular weight excluding hydrogens is 360 g/mol. The SMILES string of the molecule is COc1ccc(-c2cc(CNc3ncc4c(n3)COC4)cc3c2OCO3)cn1. The molecule has 5 rings (SSSR count). The summed E-state index contributed by atoms with van der Waals surface area (Å²) in [6, 6.07) is 7.79. The first-order valence-electron chi connectivity index (χ1n) is 8.89. The summed E-state index contributed by atoms with van der Waals surface area (Å²) in [6.45, 7) is 1.87. The average Bonchev–Trinajstić information content (AvgIpc) is 3.40. The average molecular weight is 378 g/mol. The Morgan fingerprint density at radius 1 is 1.11 bits per heavy atom. The lowest BCUT2D eigenvalue weighted by atomic mass is 10.0. The molecule has 1 aromatic carbocycles. The third-order valence-electron chi connectivity index (χ3n) is 4.69. The Kier molecular flexibility index (Phi) is 4.17. The molecule has 0 aliphatic carbocycles.